The first-order chi connectivity index (χ1) is 6.42. The van der Waals surface area contributed by atoms with Crippen LogP contribution in [0, 0.1) is 0 Å². The molecule has 2 aliphatic carbocycles. The summed E-state index contributed by atoms with van der Waals surface area (Å²) in [5.74, 6) is 0. The van der Waals surface area contributed by atoms with Crippen LogP contribution in [-0.4, -0.2) is 5.18 Å². The third-order valence-corrected chi connectivity index (χ3v) is 4.61. The molecule has 0 aromatic rings. The number of carbonyl (C=O) groups excluding carboxylic acids is 1. The Morgan fingerprint density at radius 3 is 1.92 bits per heavy atom. The molecule has 13 heavy (non-hydrogen) atoms. The molecule has 0 N–H and O–H groups in total. The molecule has 0 aromatic carbocycles. The first kappa shape index (κ1) is 8.73. The summed E-state index contributed by atoms with van der Waals surface area (Å²) >= 11 is -0.833. The first-order valence-electron chi connectivity index (χ1n) is 4.23. The molecule has 0 heterocycles. The third-order valence-electron chi connectivity index (χ3n) is 2.01. The Kier molecular flexibility index (Phi) is 2.62. The van der Waals surface area contributed by atoms with E-state index in [1.807, 2.05) is 12.2 Å². The molecule has 1 nitrogen and oxygen atoms in total. The Bertz CT molecular complexity index is 304. The standard InChI is InChI=1S/2C5H5.CHO.Fe/c2*1-2-4-5-3-1;1-2;/h2*1-3H,4H2;1H;. The molecule has 0 aromatic heterocycles. The van der Waals surface area contributed by atoms with Gasteiger partial charge in [-0.15, -0.1) is 0 Å². The van der Waals surface area contributed by atoms with Crippen molar-refractivity contribution in [3.63, 3.8) is 0 Å². The summed E-state index contributed by atoms with van der Waals surface area (Å²) < 4.78 is 2.62. The van der Waals surface area contributed by atoms with Crippen LogP contribution >= 0.6 is 0 Å². The third kappa shape index (κ3) is 1.74. The Morgan fingerprint density at radius 1 is 1.08 bits per heavy atom. The van der Waals surface area contributed by atoms with Crippen molar-refractivity contribution < 1.29 is 18.7 Å². The van der Waals surface area contributed by atoms with Crippen LogP contribution in [0.2, 0.25) is 0 Å². The van der Waals surface area contributed by atoms with Gasteiger partial charge in [-0.25, -0.2) is 0 Å². The summed E-state index contributed by atoms with van der Waals surface area (Å²) in [6, 6.07) is 0. The van der Waals surface area contributed by atoms with Crippen LogP contribution in [0.3, 0.4) is 0 Å². The van der Waals surface area contributed by atoms with Crippen LogP contribution < -0.4 is 0 Å². The number of carbonyl (C=O) groups is 1. The van der Waals surface area contributed by atoms with Gasteiger partial charge >= 0.3 is 82.1 Å². The second-order valence-electron chi connectivity index (χ2n) is 2.84. The zero-order valence-corrected chi connectivity index (χ0v) is 8.32. The minimum absolute atomic E-state index is 0.833. The van der Waals surface area contributed by atoms with E-state index in [9.17, 15) is 4.79 Å². The molecule has 0 unspecified atom stereocenters. The van der Waals surface area contributed by atoms with E-state index in [1.54, 1.807) is 0 Å². The minimum atomic E-state index is -0.833. The van der Waals surface area contributed by atoms with E-state index < -0.39 is 13.9 Å². The van der Waals surface area contributed by atoms with Crippen LogP contribution in [-0.2, 0) is 18.7 Å². The second-order valence-corrected chi connectivity index (χ2v) is 5.43. The normalized spacial score (nSPS) is 20.2. The van der Waals surface area contributed by atoms with Crippen molar-refractivity contribution in [2.24, 2.45) is 0 Å². The molecular formula is C11H11FeO. The maximum atomic E-state index is 11.0. The Hall–Kier alpha value is -0.851. The summed E-state index contributed by atoms with van der Waals surface area (Å²) in [5, 5.41) is 1.14. The van der Waals surface area contributed by atoms with Crippen LogP contribution in [0.15, 0.2) is 45.4 Å². The van der Waals surface area contributed by atoms with Gasteiger partial charge < -0.3 is 0 Å². The maximum absolute atomic E-state index is 11.0. The van der Waals surface area contributed by atoms with Gasteiger partial charge in [0.15, 0.2) is 0 Å². The molecule has 2 rings (SSSR count). The fraction of sp³-hybridized carbons (Fsp3) is 0.182. The van der Waals surface area contributed by atoms with Gasteiger partial charge in [-0.1, -0.05) is 0 Å². The molecule has 0 radical (unpaired) electrons. The summed E-state index contributed by atoms with van der Waals surface area (Å²) in [5.41, 5.74) is 0. The fourth-order valence-electron chi connectivity index (χ4n) is 1.37. The molecule has 69 valence electrons. The number of rotatable bonds is 3. The molecule has 0 amide bonds. The molecule has 0 saturated carbocycles. The first-order valence-corrected chi connectivity index (χ1v) is 5.97. The van der Waals surface area contributed by atoms with E-state index in [0.717, 1.165) is 18.0 Å². The molecule has 2 heteroatoms. The monoisotopic (exact) mass is 215 g/mol. The molecule has 0 aliphatic heterocycles. The van der Waals surface area contributed by atoms with Crippen LogP contribution in [0.1, 0.15) is 12.8 Å². The van der Waals surface area contributed by atoms with Gasteiger partial charge in [0, 0.05) is 0 Å². The van der Waals surface area contributed by atoms with Crippen molar-refractivity contribution in [1.82, 2.24) is 0 Å². The van der Waals surface area contributed by atoms with Gasteiger partial charge in [-0.3, -0.25) is 0 Å². The number of hydrogen-bond acceptors (Lipinski definition) is 1. The average molecular weight is 215 g/mol. The molecule has 2 aliphatic rings. The summed E-state index contributed by atoms with van der Waals surface area (Å²) in [6.07, 6.45) is 14.4. The average Bonchev–Trinajstić information content (AvgIpc) is 2.76. The van der Waals surface area contributed by atoms with Crippen molar-refractivity contribution in [2.45, 2.75) is 12.8 Å². The zero-order chi connectivity index (χ0) is 9.10. The summed E-state index contributed by atoms with van der Waals surface area (Å²) in [6.45, 7) is 0. The molecular weight excluding hydrogens is 204 g/mol. The van der Waals surface area contributed by atoms with Crippen molar-refractivity contribution in [3.8, 4) is 0 Å². The molecule has 0 saturated heterocycles. The van der Waals surface area contributed by atoms with Crippen LogP contribution in [0.4, 0.5) is 0 Å². The van der Waals surface area contributed by atoms with E-state index in [0.29, 0.717) is 0 Å². The zero-order valence-electron chi connectivity index (χ0n) is 7.22. The predicted octanol–water partition coefficient (Wildman–Crippen LogP) is 2.48. The molecule has 0 spiro atoms. The Labute approximate surface area is 82.4 Å². The van der Waals surface area contributed by atoms with Gasteiger partial charge in [-0.05, 0) is 0 Å². The van der Waals surface area contributed by atoms with Gasteiger partial charge in [0.1, 0.15) is 0 Å². The predicted molar refractivity (Wildman–Crippen MR) is 50.4 cm³/mol. The van der Waals surface area contributed by atoms with E-state index in [2.05, 4.69) is 24.3 Å². The van der Waals surface area contributed by atoms with E-state index in [-0.39, 0.29) is 0 Å². The van der Waals surface area contributed by atoms with Crippen LogP contribution in [0.25, 0.3) is 0 Å². The van der Waals surface area contributed by atoms with E-state index in [4.69, 9.17) is 0 Å². The molecule has 0 atom stereocenters. The second kappa shape index (κ2) is 3.91. The quantitative estimate of drug-likeness (QED) is 0.522. The number of hydrogen-bond donors (Lipinski definition) is 0. The number of allylic oxidation sites excluding steroid dienone is 8. The van der Waals surface area contributed by atoms with Gasteiger partial charge in [0.25, 0.3) is 0 Å². The SMILES string of the molecule is O=[CH][Fe]([C]1=CC=CC1)[C]1=CC=CC1. The fourth-order valence-corrected chi connectivity index (χ4v) is 3.51. The molecule has 0 bridgehead atoms. The van der Waals surface area contributed by atoms with Crippen molar-refractivity contribution >= 4 is 5.18 Å². The summed E-state index contributed by atoms with van der Waals surface area (Å²) in [7, 11) is 0. The van der Waals surface area contributed by atoms with E-state index in [1.165, 1.54) is 8.94 Å². The Morgan fingerprint density at radius 2 is 1.62 bits per heavy atom. The van der Waals surface area contributed by atoms with E-state index >= 15 is 0 Å². The topological polar surface area (TPSA) is 17.1 Å². The van der Waals surface area contributed by atoms with Gasteiger partial charge in [-0.2, -0.15) is 0 Å². The van der Waals surface area contributed by atoms with Gasteiger partial charge in [0.2, 0.25) is 0 Å². The van der Waals surface area contributed by atoms with Crippen molar-refractivity contribution in [1.29, 1.82) is 0 Å². The van der Waals surface area contributed by atoms with Crippen LogP contribution in [0.5, 0.6) is 0 Å². The molecule has 0 fully saturated rings. The van der Waals surface area contributed by atoms with Gasteiger partial charge in [0.05, 0.1) is 0 Å². The Balaban J connectivity index is 2.14. The van der Waals surface area contributed by atoms with Crippen molar-refractivity contribution in [3.05, 3.63) is 45.4 Å². The summed E-state index contributed by atoms with van der Waals surface area (Å²) in [4.78, 5) is 11.0. The van der Waals surface area contributed by atoms with Crippen molar-refractivity contribution in [2.75, 3.05) is 0 Å².